The van der Waals surface area contributed by atoms with Gasteiger partial charge >= 0.3 is 0 Å². The zero-order chi connectivity index (χ0) is 16.4. The largest absolute Gasteiger partial charge is 0.497 e. The number of nitrogens with one attached hydrogen (secondary N) is 2. The Balaban J connectivity index is 1.65. The number of H-pyrrole nitrogens is 1. The SMILES string of the molecule is COc1ccc2[nH]c(CNCc3cc(C(C)=O)cn3C)cc2c1. The van der Waals surface area contributed by atoms with Crippen molar-refractivity contribution >= 4 is 16.7 Å². The van der Waals surface area contributed by atoms with Gasteiger partial charge in [-0.2, -0.15) is 0 Å². The smallest absolute Gasteiger partial charge is 0.161 e. The van der Waals surface area contributed by atoms with E-state index < -0.39 is 0 Å². The predicted octanol–water partition coefficient (Wildman–Crippen LogP) is 3.01. The molecule has 0 unspecified atom stereocenters. The third-order valence-corrected chi connectivity index (χ3v) is 4.02. The second-order valence-corrected chi connectivity index (χ2v) is 5.74. The first-order valence-corrected chi connectivity index (χ1v) is 7.59. The van der Waals surface area contributed by atoms with Crippen LogP contribution in [0.4, 0.5) is 0 Å². The summed E-state index contributed by atoms with van der Waals surface area (Å²) in [6.07, 6.45) is 1.87. The van der Waals surface area contributed by atoms with Crippen LogP contribution in [0.25, 0.3) is 10.9 Å². The zero-order valence-electron chi connectivity index (χ0n) is 13.6. The number of methoxy groups -OCH3 is 1. The first-order valence-electron chi connectivity index (χ1n) is 7.59. The normalized spacial score (nSPS) is 11.1. The Labute approximate surface area is 135 Å². The van der Waals surface area contributed by atoms with Gasteiger partial charge in [0.25, 0.3) is 0 Å². The molecule has 23 heavy (non-hydrogen) atoms. The third kappa shape index (κ3) is 3.29. The standard InChI is InChI=1S/C18H21N3O2/c1-12(22)14-7-16(21(2)11-14)10-19-9-15-6-13-8-17(23-3)4-5-18(13)20-15/h4-8,11,19-20H,9-10H2,1-3H3. The minimum Gasteiger partial charge on any atom is -0.497 e. The van der Waals surface area contributed by atoms with Crippen molar-refractivity contribution in [3.8, 4) is 5.75 Å². The molecule has 0 bridgehead atoms. The van der Waals surface area contributed by atoms with Crippen LogP contribution in [-0.4, -0.2) is 22.4 Å². The number of benzene rings is 1. The van der Waals surface area contributed by atoms with Crippen molar-refractivity contribution in [2.24, 2.45) is 7.05 Å². The molecule has 3 rings (SSSR count). The van der Waals surface area contributed by atoms with Crippen molar-refractivity contribution in [3.05, 3.63) is 53.5 Å². The highest BCUT2D eigenvalue weighted by Crippen LogP contribution is 2.21. The number of ether oxygens (including phenoxy) is 1. The summed E-state index contributed by atoms with van der Waals surface area (Å²) in [6, 6.07) is 10.0. The maximum atomic E-state index is 11.4. The van der Waals surface area contributed by atoms with Crippen molar-refractivity contribution in [2.45, 2.75) is 20.0 Å². The number of carbonyl (C=O) groups excluding carboxylic acids is 1. The van der Waals surface area contributed by atoms with Gasteiger partial charge in [-0.1, -0.05) is 0 Å². The third-order valence-electron chi connectivity index (χ3n) is 4.02. The highest BCUT2D eigenvalue weighted by atomic mass is 16.5. The second kappa shape index (κ2) is 6.30. The number of aromatic amines is 1. The highest BCUT2D eigenvalue weighted by molar-refractivity contribution is 5.94. The summed E-state index contributed by atoms with van der Waals surface area (Å²) < 4.78 is 7.23. The average molecular weight is 311 g/mol. The van der Waals surface area contributed by atoms with Gasteiger partial charge in [0.1, 0.15) is 5.75 Å². The van der Waals surface area contributed by atoms with Gasteiger partial charge in [-0.15, -0.1) is 0 Å². The number of nitrogens with zero attached hydrogens (tertiary/aromatic N) is 1. The van der Waals surface area contributed by atoms with Crippen LogP contribution in [0.3, 0.4) is 0 Å². The van der Waals surface area contributed by atoms with Gasteiger partial charge in [-0.3, -0.25) is 4.79 Å². The quantitative estimate of drug-likeness (QED) is 0.688. The summed E-state index contributed by atoms with van der Waals surface area (Å²) in [5.74, 6) is 0.952. The Hall–Kier alpha value is -2.53. The van der Waals surface area contributed by atoms with E-state index in [4.69, 9.17) is 4.74 Å². The Morgan fingerprint density at radius 1 is 1.26 bits per heavy atom. The molecule has 0 saturated heterocycles. The van der Waals surface area contributed by atoms with Crippen LogP contribution in [0.1, 0.15) is 28.7 Å². The minimum atomic E-state index is 0.0939. The molecule has 2 aromatic heterocycles. The van der Waals surface area contributed by atoms with Crippen molar-refractivity contribution in [1.82, 2.24) is 14.9 Å². The number of aromatic nitrogens is 2. The molecule has 5 heteroatoms. The van der Waals surface area contributed by atoms with Crippen LogP contribution in [0.2, 0.25) is 0 Å². The Morgan fingerprint density at radius 2 is 2.09 bits per heavy atom. The first kappa shape index (κ1) is 15.4. The fourth-order valence-electron chi connectivity index (χ4n) is 2.70. The number of rotatable bonds is 6. The summed E-state index contributed by atoms with van der Waals surface area (Å²) in [7, 11) is 3.63. The molecule has 0 aliphatic carbocycles. The monoisotopic (exact) mass is 311 g/mol. The van der Waals surface area contributed by atoms with Gasteiger partial charge in [0.05, 0.1) is 7.11 Å². The lowest BCUT2D eigenvalue weighted by molar-refractivity contribution is 0.101. The molecular formula is C18H21N3O2. The maximum Gasteiger partial charge on any atom is 0.161 e. The van der Waals surface area contributed by atoms with Crippen LogP contribution in [0, 0.1) is 0 Å². The number of carbonyl (C=O) groups is 1. The van der Waals surface area contributed by atoms with E-state index >= 15 is 0 Å². The number of hydrogen-bond donors (Lipinski definition) is 2. The van der Waals surface area contributed by atoms with E-state index in [9.17, 15) is 4.79 Å². The summed E-state index contributed by atoms with van der Waals surface area (Å²) in [6.45, 7) is 3.03. The van der Waals surface area contributed by atoms with Crippen molar-refractivity contribution < 1.29 is 9.53 Å². The molecule has 0 aliphatic rings. The predicted molar refractivity (Wildman–Crippen MR) is 90.8 cm³/mol. The first-order chi connectivity index (χ1) is 11.1. The van der Waals surface area contributed by atoms with Gasteiger partial charge in [0.15, 0.2) is 5.78 Å². The molecule has 2 N–H and O–H groups in total. The molecular weight excluding hydrogens is 290 g/mol. The molecule has 1 aromatic carbocycles. The summed E-state index contributed by atoms with van der Waals surface area (Å²) in [4.78, 5) is 14.8. The number of hydrogen-bond acceptors (Lipinski definition) is 3. The summed E-state index contributed by atoms with van der Waals surface area (Å²) in [5, 5.41) is 4.54. The van der Waals surface area contributed by atoms with Crippen molar-refractivity contribution in [3.63, 3.8) is 0 Å². The second-order valence-electron chi connectivity index (χ2n) is 5.74. The van der Waals surface area contributed by atoms with E-state index in [2.05, 4.69) is 16.4 Å². The number of Topliss-reactive ketones (excluding diaryl/α,β-unsaturated/α-hetero) is 1. The Bertz CT molecular complexity index is 845. The number of fused-ring (bicyclic) bond motifs is 1. The highest BCUT2D eigenvalue weighted by Gasteiger charge is 2.07. The van der Waals surface area contributed by atoms with Gasteiger partial charge < -0.3 is 19.6 Å². The summed E-state index contributed by atoms with van der Waals surface area (Å²) in [5.41, 5.74) is 4.06. The number of ketones is 1. The van der Waals surface area contributed by atoms with Gasteiger partial charge in [-0.05, 0) is 37.3 Å². The molecule has 0 fully saturated rings. The molecule has 0 aliphatic heterocycles. The van der Waals surface area contributed by atoms with Crippen LogP contribution in [0.15, 0.2) is 36.5 Å². The lowest BCUT2D eigenvalue weighted by Crippen LogP contribution is -2.14. The van der Waals surface area contributed by atoms with E-state index in [1.54, 1.807) is 14.0 Å². The number of aryl methyl sites for hydroxylation is 1. The van der Waals surface area contributed by atoms with Gasteiger partial charge in [0, 0.05) is 54.2 Å². The lowest BCUT2D eigenvalue weighted by Gasteiger charge is -2.04. The molecule has 120 valence electrons. The average Bonchev–Trinajstić information content (AvgIpc) is 3.10. The van der Waals surface area contributed by atoms with E-state index in [1.165, 1.54) is 0 Å². The van der Waals surface area contributed by atoms with Crippen LogP contribution in [0.5, 0.6) is 5.75 Å². The summed E-state index contributed by atoms with van der Waals surface area (Å²) >= 11 is 0. The Morgan fingerprint density at radius 3 is 2.78 bits per heavy atom. The molecule has 2 heterocycles. The van der Waals surface area contributed by atoms with E-state index in [1.807, 2.05) is 42.1 Å². The fourth-order valence-corrected chi connectivity index (χ4v) is 2.70. The molecule has 5 nitrogen and oxygen atoms in total. The van der Waals surface area contributed by atoms with E-state index in [0.29, 0.717) is 6.54 Å². The lowest BCUT2D eigenvalue weighted by atomic mass is 10.2. The van der Waals surface area contributed by atoms with Crippen LogP contribution in [-0.2, 0) is 20.1 Å². The fraction of sp³-hybridized carbons (Fsp3) is 0.278. The zero-order valence-corrected chi connectivity index (χ0v) is 13.6. The van der Waals surface area contributed by atoms with Crippen LogP contribution < -0.4 is 10.1 Å². The maximum absolute atomic E-state index is 11.4. The van der Waals surface area contributed by atoms with Gasteiger partial charge in [-0.25, -0.2) is 0 Å². The molecule has 0 spiro atoms. The molecule has 0 amide bonds. The van der Waals surface area contributed by atoms with Crippen molar-refractivity contribution in [1.29, 1.82) is 0 Å². The van der Waals surface area contributed by atoms with E-state index in [-0.39, 0.29) is 5.78 Å². The Kier molecular flexibility index (Phi) is 4.21. The molecule has 0 atom stereocenters. The molecule has 0 saturated carbocycles. The van der Waals surface area contributed by atoms with Gasteiger partial charge in [0.2, 0.25) is 0 Å². The van der Waals surface area contributed by atoms with Crippen molar-refractivity contribution in [2.75, 3.05) is 7.11 Å². The minimum absolute atomic E-state index is 0.0939. The molecule has 0 radical (unpaired) electrons. The van der Waals surface area contributed by atoms with Crippen LogP contribution >= 0.6 is 0 Å². The topological polar surface area (TPSA) is 59.0 Å². The van der Waals surface area contributed by atoms with E-state index in [0.717, 1.165) is 40.1 Å². The molecule has 3 aromatic rings.